The zero-order chi connectivity index (χ0) is 10.8. The summed E-state index contributed by atoms with van der Waals surface area (Å²) < 4.78 is 5.30. The van der Waals surface area contributed by atoms with Crippen molar-refractivity contribution in [3.05, 3.63) is 0 Å². The van der Waals surface area contributed by atoms with Crippen molar-refractivity contribution >= 4 is 0 Å². The molecule has 0 fully saturated rings. The zero-order valence-corrected chi connectivity index (χ0v) is 9.75. The molecule has 2 N–H and O–H groups in total. The minimum absolute atomic E-state index is 0.221. The molecular formula is C11H25NO2. The second kappa shape index (κ2) is 9.44. The van der Waals surface area contributed by atoms with E-state index in [1.807, 2.05) is 0 Å². The van der Waals surface area contributed by atoms with Crippen LogP contribution in [0.1, 0.15) is 33.6 Å². The van der Waals surface area contributed by atoms with Crippen molar-refractivity contribution < 1.29 is 9.84 Å². The van der Waals surface area contributed by atoms with Crippen LogP contribution in [0.25, 0.3) is 0 Å². The van der Waals surface area contributed by atoms with Gasteiger partial charge in [0.15, 0.2) is 0 Å². The van der Waals surface area contributed by atoms with Crippen LogP contribution in [0.5, 0.6) is 0 Å². The first-order chi connectivity index (χ1) is 6.66. The van der Waals surface area contributed by atoms with Gasteiger partial charge in [0.25, 0.3) is 0 Å². The summed E-state index contributed by atoms with van der Waals surface area (Å²) in [6.07, 6.45) is 1.71. The molecule has 0 radical (unpaired) electrons. The first-order valence-corrected chi connectivity index (χ1v) is 5.63. The lowest BCUT2D eigenvalue weighted by molar-refractivity contribution is 0.122. The predicted molar refractivity (Wildman–Crippen MR) is 59.4 cm³/mol. The van der Waals surface area contributed by atoms with Gasteiger partial charge in [-0.2, -0.15) is 0 Å². The SMILES string of the molecule is CCCOCCNCC(O)CC(C)C. The third-order valence-electron chi connectivity index (χ3n) is 1.90. The summed E-state index contributed by atoms with van der Waals surface area (Å²) in [6.45, 7) is 9.41. The van der Waals surface area contributed by atoms with Crippen molar-refractivity contribution in [2.45, 2.75) is 39.7 Å². The minimum Gasteiger partial charge on any atom is -0.392 e. The molecule has 14 heavy (non-hydrogen) atoms. The van der Waals surface area contributed by atoms with Crippen molar-refractivity contribution in [1.82, 2.24) is 5.32 Å². The molecular weight excluding hydrogens is 178 g/mol. The monoisotopic (exact) mass is 203 g/mol. The Morgan fingerprint density at radius 2 is 2.00 bits per heavy atom. The predicted octanol–water partition coefficient (Wildman–Crippen LogP) is 1.41. The number of aliphatic hydroxyl groups excluding tert-OH is 1. The van der Waals surface area contributed by atoms with E-state index < -0.39 is 0 Å². The standard InChI is InChI=1S/C11H25NO2/c1-4-6-14-7-5-12-9-11(13)8-10(2)3/h10-13H,4-9H2,1-3H3. The van der Waals surface area contributed by atoms with Crippen molar-refractivity contribution in [3.8, 4) is 0 Å². The molecule has 0 aromatic heterocycles. The molecule has 0 heterocycles. The maximum atomic E-state index is 9.52. The van der Waals surface area contributed by atoms with Crippen molar-refractivity contribution in [2.24, 2.45) is 5.92 Å². The Bertz CT molecular complexity index is 118. The van der Waals surface area contributed by atoms with Crippen LogP contribution in [-0.4, -0.2) is 37.5 Å². The van der Waals surface area contributed by atoms with Crippen LogP contribution >= 0.6 is 0 Å². The molecule has 0 amide bonds. The molecule has 3 nitrogen and oxygen atoms in total. The molecule has 0 bridgehead atoms. The number of hydrogen-bond donors (Lipinski definition) is 2. The highest BCUT2D eigenvalue weighted by molar-refractivity contribution is 4.61. The molecule has 0 saturated carbocycles. The van der Waals surface area contributed by atoms with Crippen LogP contribution < -0.4 is 5.32 Å². The number of rotatable bonds is 9. The highest BCUT2D eigenvalue weighted by Crippen LogP contribution is 2.02. The third-order valence-corrected chi connectivity index (χ3v) is 1.90. The highest BCUT2D eigenvalue weighted by atomic mass is 16.5. The number of ether oxygens (including phenoxy) is 1. The van der Waals surface area contributed by atoms with Gasteiger partial charge in [0.2, 0.25) is 0 Å². The van der Waals surface area contributed by atoms with Gasteiger partial charge in [0, 0.05) is 19.7 Å². The molecule has 0 aliphatic heterocycles. The van der Waals surface area contributed by atoms with E-state index in [-0.39, 0.29) is 6.10 Å². The van der Waals surface area contributed by atoms with Crippen LogP contribution in [0.3, 0.4) is 0 Å². The topological polar surface area (TPSA) is 41.5 Å². The lowest BCUT2D eigenvalue weighted by atomic mass is 10.1. The summed E-state index contributed by atoms with van der Waals surface area (Å²) in [6, 6.07) is 0. The smallest absolute Gasteiger partial charge is 0.0667 e. The molecule has 0 aromatic carbocycles. The Kier molecular flexibility index (Phi) is 9.35. The zero-order valence-electron chi connectivity index (χ0n) is 9.75. The lowest BCUT2D eigenvalue weighted by Crippen LogP contribution is -2.30. The Morgan fingerprint density at radius 1 is 1.29 bits per heavy atom. The second-order valence-electron chi connectivity index (χ2n) is 4.10. The van der Waals surface area contributed by atoms with Crippen molar-refractivity contribution in [2.75, 3.05) is 26.3 Å². The summed E-state index contributed by atoms with van der Waals surface area (Å²) >= 11 is 0. The van der Waals surface area contributed by atoms with Gasteiger partial charge in [-0.15, -0.1) is 0 Å². The van der Waals surface area contributed by atoms with Gasteiger partial charge in [-0.25, -0.2) is 0 Å². The Balaban J connectivity index is 3.10. The van der Waals surface area contributed by atoms with Gasteiger partial charge < -0.3 is 15.2 Å². The fourth-order valence-electron chi connectivity index (χ4n) is 1.29. The molecule has 1 unspecified atom stereocenters. The van der Waals surface area contributed by atoms with Gasteiger partial charge in [0.05, 0.1) is 12.7 Å². The average molecular weight is 203 g/mol. The van der Waals surface area contributed by atoms with Crippen LogP contribution in [0.2, 0.25) is 0 Å². The van der Waals surface area contributed by atoms with E-state index in [0.29, 0.717) is 12.5 Å². The Morgan fingerprint density at radius 3 is 2.57 bits per heavy atom. The van der Waals surface area contributed by atoms with E-state index in [1.54, 1.807) is 0 Å². The van der Waals surface area contributed by atoms with E-state index >= 15 is 0 Å². The van der Waals surface area contributed by atoms with Gasteiger partial charge in [-0.1, -0.05) is 20.8 Å². The quantitative estimate of drug-likeness (QED) is 0.557. The second-order valence-corrected chi connectivity index (χ2v) is 4.10. The van der Waals surface area contributed by atoms with E-state index in [4.69, 9.17) is 4.74 Å². The van der Waals surface area contributed by atoms with Crippen LogP contribution in [0.4, 0.5) is 0 Å². The third kappa shape index (κ3) is 9.96. The van der Waals surface area contributed by atoms with Gasteiger partial charge in [-0.3, -0.25) is 0 Å². The maximum Gasteiger partial charge on any atom is 0.0667 e. The van der Waals surface area contributed by atoms with E-state index in [1.165, 1.54) is 0 Å². The summed E-state index contributed by atoms with van der Waals surface area (Å²) in [5.74, 6) is 0.558. The molecule has 86 valence electrons. The number of aliphatic hydroxyl groups is 1. The molecule has 1 atom stereocenters. The fraction of sp³-hybridized carbons (Fsp3) is 1.00. The fourth-order valence-corrected chi connectivity index (χ4v) is 1.29. The molecule has 0 rings (SSSR count). The van der Waals surface area contributed by atoms with E-state index in [0.717, 1.165) is 32.6 Å². The minimum atomic E-state index is -0.221. The first-order valence-electron chi connectivity index (χ1n) is 5.63. The Hall–Kier alpha value is -0.120. The highest BCUT2D eigenvalue weighted by Gasteiger charge is 2.05. The normalized spacial score (nSPS) is 13.5. The maximum absolute atomic E-state index is 9.52. The van der Waals surface area contributed by atoms with Crippen molar-refractivity contribution in [1.29, 1.82) is 0 Å². The first kappa shape index (κ1) is 13.9. The summed E-state index contributed by atoms with van der Waals surface area (Å²) in [7, 11) is 0. The lowest BCUT2D eigenvalue weighted by Gasteiger charge is -2.13. The molecule has 0 aliphatic carbocycles. The molecule has 0 saturated heterocycles. The van der Waals surface area contributed by atoms with Gasteiger partial charge in [0.1, 0.15) is 0 Å². The van der Waals surface area contributed by atoms with E-state index in [2.05, 4.69) is 26.1 Å². The molecule has 0 spiro atoms. The summed E-state index contributed by atoms with van der Waals surface area (Å²) in [5, 5.41) is 12.7. The number of nitrogens with one attached hydrogen (secondary N) is 1. The average Bonchev–Trinajstić information content (AvgIpc) is 2.10. The summed E-state index contributed by atoms with van der Waals surface area (Å²) in [5.41, 5.74) is 0. The van der Waals surface area contributed by atoms with Gasteiger partial charge in [-0.05, 0) is 18.8 Å². The Labute approximate surface area is 87.8 Å². The van der Waals surface area contributed by atoms with Crippen LogP contribution in [0, 0.1) is 5.92 Å². The molecule has 0 aromatic rings. The van der Waals surface area contributed by atoms with Crippen LogP contribution in [-0.2, 0) is 4.74 Å². The van der Waals surface area contributed by atoms with Crippen molar-refractivity contribution in [3.63, 3.8) is 0 Å². The number of hydrogen-bond acceptors (Lipinski definition) is 3. The van der Waals surface area contributed by atoms with E-state index in [9.17, 15) is 5.11 Å². The van der Waals surface area contributed by atoms with Crippen LogP contribution in [0.15, 0.2) is 0 Å². The molecule has 3 heteroatoms. The molecule has 0 aliphatic rings. The summed E-state index contributed by atoms with van der Waals surface area (Å²) in [4.78, 5) is 0. The van der Waals surface area contributed by atoms with Gasteiger partial charge >= 0.3 is 0 Å². The largest absolute Gasteiger partial charge is 0.392 e.